The smallest absolute Gasteiger partial charge is 0.335 e. The molecule has 6 aromatic carbocycles. The number of carbonyl (C=O) groups is 10. The van der Waals surface area contributed by atoms with Gasteiger partial charge in [-0.25, -0.2) is 23.5 Å². The number of carbonyl (C=O) groups excluding carboxylic acids is 9. The summed E-state index contributed by atoms with van der Waals surface area (Å²) in [5, 5.41) is 51.2. The first kappa shape index (κ1) is 82.7. The third-order valence-electron chi connectivity index (χ3n) is 14.9. The molecular weight excluding hydrogens is 1490 g/mol. The van der Waals surface area contributed by atoms with Crippen LogP contribution in [0.1, 0.15) is 111 Å². The van der Waals surface area contributed by atoms with Gasteiger partial charge in [0.25, 0.3) is 0 Å². The number of hydrogen-bond donors (Lipinski definition) is 6. The number of anilines is 2. The molecule has 2 aliphatic rings. The molecule has 8 aromatic rings. The number of aliphatic hydroxyl groups excluding tert-OH is 5. The molecule has 30 heteroatoms. The van der Waals surface area contributed by atoms with Crippen LogP contribution in [0.15, 0.2) is 146 Å². The number of carboxylic acids is 1. The highest BCUT2D eigenvalue weighted by atomic mass is 79.9. The number of hydrogen-bond acceptors (Lipinski definition) is 23. The highest BCUT2D eigenvalue weighted by Gasteiger charge is 2.24. The fourth-order valence-corrected chi connectivity index (χ4v) is 11.2. The van der Waals surface area contributed by atoms with E-state index in [1.807, 2.05) is 0 Å². The number of piperazine rings is 2. The molecule has 0 spiro atoms. The van der Waals surface area contributed by atoms with E-state index in [-0.39, 0.29) is 66.9 Å². The Morgan fingerprint density at radius 2 is 0.683 bits per heavy atom. The Balaban J connectivity index is 0.000000222. The quantitative estimate of drug-likeness (QED) is 0.0209. The number of nitrogens with zero attached hydrogens (tertiary/aromatic N) is 6. The van der Waals surface area contributed by atoms with E-state index in [0.717, 1.165) is 75.0 Å². The van der Waals surface area contributed by atoms with Gasteiger partial charge in [-0.3, -0.25) is 43.2 Å². The van der Waals surface area contributed by atoms with Crippen LogP contribution in [0.5, 0.6) is 0 Å². The molecule has 22 nitrogen and oxygen atoms in total. The molecule has 6 N–H and O–H groups in total. The van der Waals surface area contributed by atoms with Crippen molar-refractivity contribution >= 4 is 123 Å². The van der Waals surface area contributed by atoms with Gasteiger partial charge in [-0.15, -0.1) is 0 Å². The van der Waals surface area contributed by atoms with Crippen molar-refractivity contribution in [1.82, 2.24) is 19.8 Å². The van der Waals surface area contributed by atoms with Gasteiger partial charge in [0, 0.05) is 114 Å². The Labute approximate surface area is 602 Å². The molecule has 101 heavy (non-hydrogen) atoms. The monoisotopic (exact) mass is 1560 g/mol. The predicted octanol–water partition coefficient (Wildman–Crippen LogP) is 9.53. The van der Waals surface area contributed by atoms with E-state index in [0.29, 0.717) is 66.0 Å². The number of ketones is 9. The molecule has 2 aliphatic heterocycles. The summed E-state index contributed by atoms with van der Waals surface area (Å²) in [6.07, 6.45) is 0. The van der Waals surface area contributed by atoms with Crippen molar-refractivity contribution in [3.8, 4) is 22.5 Å². The van der Waals surface area contributed by atoms with Crippen LogP contribution in [0, 0.1) is 10.3 Å². The zero-order valence-corrected chi connectivity index (χ0v) is 59.4. The number of rotatable bonds is 22. The van der Waals surface area contributed by atoms with E-state index in [4.69, 9.17) is 30.6 Å². The lowest BCUT2D eigenvalue weighted by Crippen LogP contribution is -2.44. The second kappa shape index (κ2) is 41.7. The summed E-state index contributed by atoms with van der Waals surface area (Å²) in [4.78, 5) is 128. The van der Waals surface area contributed by atoms with Crippen molar-refractivity contribution in [2.75, 3.05) is 121 Å². The highest BCUT2D eigenvalue weighted by Crippen LogP contribution is 2.34. The van der Waals surface area contributed by atoms with E-state index in [2.05, 4.69) is 75.5 Å². The lowest BCUT2D eigenvalue weighted by molar-refractivity contribution is 0.0694. The summed E-state index contributed by atoms with van der Waals surface area (Å²) in [5.74, 6) is -4.29. The minimum atomic E-state index is -1.74. The number of aromatic nitrogens is 2. The van der Waals surface area contributed by atoms with E-state index in [1.54, 1.807) is 60.7 Å². The SMILES string of the molecule is CC(=O)c1ccc(C(=O)CO)cc1.CN1CCN(c2nc(-c3ccc(C(=O)CO)cc3)c(F)s2)CC1.CN1CCN(c2nc(-c3ccc(C(=O)O)cc3)c(F)s2)CC1.O=C(CO)c1ccc(C(=O)C(F)Br)cc1.O=C(CO)c1ccc(C(=O)CBr)cc1.O=C(CO)c1ccc(C(=O)CF)cc1. The van der Waals surface area contributed by atoms with Crippen molar-refractivity contribution < 1.29 is 96.1 Å². The number of carboxylic acid groups (broad SMARTS) is 1. The molecule has 0 aliphatic carbocycles. The largest absolute Gasteiger partial charge is 0.478 e. The standard InChI is InChI=1S/C16H18FN3O2S.C15H16FN3O2S.C10H8BrFO3.C10H9BrO3.C10H9FO3.C10H10O3/c1-19-6-8-20(9-7-19)16-18-14(15(17)23-16)12-4-2-11(3-5-12)13(22)10-21;1-18-6-8-19(9-7-18)15-17-12(13(16)22-15)10-2-4-11(5-3-10)14(20)21;11-10(12)9(15)7-3-1-6(2-4-7)8(14)5-13;2*11-5-9(13)7-1-3-8(4-2-7)10(14)6-12;1-7(12)8-2-4-9(5-3-8)10(13)6-11/h2-5,21H,6-10H2,1H3;2-5H,6-9H2,1H3,(H,20,21);1-4,10,13H,5H2;2*1-4,12H,5-6H2;2-5,11H,6H2,1H3. The molecule has 0 saturated carbocycles. The number of likely N-dealkylation sites (N-methyl/N-ethyl adjacent to an activating group) is 2. The number of benzene rings is 6. The van der Waals surface area contributed by atoms with Crippen LogP contribution in [-0.4, -0.2) is 225 Å². The number of halogens is 6. The van der Waals surface area contributed by atoms with Crippen LogP contribution in [0.4, 0.5) is 27.8 Å². The van der Waals surface area contributed by atoms with Crippen molar-refractivity contribution in [2.24, 2.45) is 0 Å². The molecule has 4 heterocycles. The van der Waals surface area contributed by atoms with E-state index in [9.17, 15) is 65.5 Å². The van der Waals surface area contributed by atoms with Gasteiger partial charge in [-0.1, -0.05) is 172 Å². The van der Waals surface area contributed by atoms with Gasteiger partial charge < -0.3 is 50.2 Å². The number of thiazole rings is 2. The normalized spacial score (nSPS) is 12.9. The average Bonchev–Trinajstić information content (AvgIpc) is 1.68. The first-order valence-electron chi connectivity index (χ1n) is 30.5. The maximum Gasteiger partial charge on any atom is 0.335 e. The lowest BCUT2D eigenvalue weighted by Gasteiger charge is -2.31. The fraction of sp³-hybridized carbons (Fsp3) is 0.268. The van der Waals surface area contributed by atoms with Crippen molar-refractivity contribution in [2.45, 2.75) is 12.0 Å². The third kappa shape index (κ3) is 25.3. The second-order valence-corrected chi connectivity index (χ2v) is 25.0. The summed E-state index contributed by atoms with van der Waals surface area (Å²) in [5.41, 5.74) is 5.37. The molecular formula is C71H70Br2F4N6O16S2. The van der Waals surface area contributed by atoms with E-state index < -0.39 is 73.9 Å². The first-order chi connectivity index (χ1) is 48.2. The van der Waals surface area contributed by atoms with Gasteiger partial charge in [-0.2, -0.15) is 8.78 Å². The van der Waals surface area contributed by atoms with Gasteiger partial charge in [0.15, 0.2) is 63.2 Å². The highest BCUT2D eigenvalue weighted by molar-refractivity contribution is 9.10. The summed E-state index contributed by atoms with van der Waals surface area (Å²) in [6.45, 7) is 4.81. The van der Waals surface area contributed by atoms with Crippen molar-refractivity contribution in [3.05, 3.63) is 211 Å². The minimum Gasteiger partial charge on any atom is -0.478 e. The predicted molar refractivity (Wildman–Crippen MR) is 381 cm³/mol. The zero-order chi connectivity index (χ0) is 74.5. The minimum absolute atomic E-state index is 0.0343. The number of aromatic carboxylic acids is 1. The second-order valence-electron chi connectivity index (χ2n) is 21.8. The topological polar surface area (TPSA) is 331 Å². The number of Topliss-reactive ketones (excluding diaryl/α,β-unsaturated/α-hetero) is 9. The Kier molecular flexibility index (Phi) is 34.2. The summed E-state index contributed by atoms with van der Waals surface area (Å²) in [6, 6.07) is 36.0. The van der Waals surface area contributed by atoms with E-state index in [1.165, 1.54) is 91.9 Å². The summed E-state index contributed by atoms with van der Waals surface area (Å²) in [7, 11) is 4.13. The Bertz CT molecular complexity index is 3970. The molecule has 0 amide bonds. The van der Waals surface area contributed by atoms with Crippen molar-refractivity contribution in [3.63, 3.8) is 0 Å². The van der Waals surface area contributed by atoms with Gasteiger partial charge in [0.05, 0.1) is 10.9 Å². The third-order valence-corrected chi connectivity index (χ3v) is 17.6. The number of alkyl halides is 4. The average molecular weight is 1560 g/mol. The van der Waals surface area contributed by atoms with Gasteiger partial charge >= 0.3 is 5.97 Å². The maximum absolute atomic E-state index is 14.3. The van der Waals surface area contributed by atoms with Crippen molar-refractivity contribution in [1.29, 1.82) is 0 Å². The van der Waals surface area contributed by atoms with Gasteiger partial charge in [-0.05, 0) is 49.1 Å². The van der Waals surface area contributed by atoms with Crippen LogP contribution in [0.2, 0.25) is 0 Å². The number of aliphatic hydroxyl groups is 5. The first-order valence-corrected chi connectivity index (χ1v) is 34.1. The molecule has 0 radical (unpaired) electrons. The molecule has 1 atom stereocenters. The molecule has 10 rings (SSSR count). The summed E-state index contributed by atoms with van der Waals surface area (Å²) >= 11 is 7.67. The molecule has 1 unspecified atom stereocenters. The lowest BCUT2D eigenvalue weighted by atomic mass is 10.1. The molecule has 534 valence electrons. The Hall–Kier alpha value is -8.92. The molecule has 2 saturated heterocycles. The van der Waals surface area contributed by atoms with E-state index >= 15 is 0 Å². The maximum atomic E-state index is 14.3. The van der Waals surface area contributed by atoms with Crippen LogP contribution >= 0.6 is 54.5 Å². The molecule has 2 fully saturated rings. The Morgan fingerprint density at radius 1 is 0.426 bits per heavy atom. The van der Waals surface area contributed by atoms with Gasteiger partial charge in [0.2, 0.25) is 21.1 Å². The summed E-state index contributed by atoms with van der Waals surface area (Å²) < 4.78 is 53.0. The zero-order valence-electron chi connectivity index (χ0n) is 54.6. The Morgan fingerprint density at radius 3 is 0.941 bits per heavy atom. The van der Waals surface area contributed by atoms with Crippen LogP contribution < -0.4 is 9.80 Å². The van der Waals surface area contributed by atoms with Gasteiger partial charge in [0.1, 0.15) is 44.4 Å². The molecule has 2 aromatic heterocycles. The fourth-order valence-electron chi connectivity index (χ4n) is 8.92. The molecule has 0 bridgehead atoms. The van der Waals surface area contributed by atoms with Crippen LogP contribution in [-0.2, 0) is 0 Å². The van der Waals surface area contributed by atoms with Crippen LogP contribution in [0.3, 0.4) is 0 Å². The van der Waals surface area contributed by atoms with Crippen LogP contribution in [0.25, 0.3) is 22.5 Å².